The van der Waals surface area contributed by atoms with Gasteiger partial charge in [0.2, 0.25) is 0 Å². The molecule has 0 amide bonds. The van der Waals surface area contributed by atoms with E-state index in [4.69, 9.17) is 9.31 Å². The molecule has 0 bridgehead atoms. The van der Waals surface area contributed by atoms with E-state index in [9.17, 15) is 0 Å². The molecule has 0 spiro atoms. The van der Waals surface area contributed by atoms with Crippen molar-refractivity contribution >= 4 is 12.6 Å². The Morgan fingerprint density at radius 2 is 1.76 bits per heavy atom. The van der Waals surface area contributed by atoms with Gasteiger partial charge >= 0.3 is 7.12 Å². The molecule has 0 unspecified atom stereocenters. The van der Waals surface area contributed by atoms with Crippen molar-refractivity contribution < 1.29 is 9.31 Å². The van der Waals surface area contributed by atoms with Crippen LogP contribution in [0.5, 0.6) is 0 Å². The quantitative estimate of drug-likeness (QED) is 0.730. The van der Waals surface area contributed by atoms with Gasteiger partial charge in [-0.1, -0.05) is 0 Å². The van der Waals surface area contributed by atoms with Crippen molar-refractivity contribution in [1.29, 1.82) is 0 Å². The van der Waals surface area contributed by atoms with E-state index in [0.717, 1.165) is 17.7 Å². The number of hydrogen-bond donors (Lipinski definition) is 0. The Kier molecular flexibility index (Phi) is 2.87. The van der Waals surface area contributed by atoms with Crippen molar-refractivity contribution in [3.05, 3.63) is 11.9 Å². The summed E-state index contributed by atoms with van der Waals surface area (Å²) in [5.41, 5.74) is 1.42. The Labute approximate surface area is 103 Å². The maximum Gasteiger partial charge on any atom is 0.498 e. The lowest BCUT2D eigenvalue weighted by molar-refractivity contribution is 0.00578. The Hall–Kier alpha value is -0.805. The van der Waals surface area contributed by atoms with Crippen LogP contribution in [-0.4, -0.2) is 28.1 Å². The number of nitrogens with zero attached hydrogens (tertiary/aromatic N) is 2. The van der Waals surface area contributed by atoms with E-state index < -0.39 is 0 Å². The molecule has 0 radical (unpaired) electrons. The summed E-state index contributed by atoms with van der Waals surface area (Å²) >= 11 is 0. The van der Waals surface area contributed by atoms with E-state index in [1.54, 1.807) is 0 Å². The molecule has 5 heteroatoms. The van der Waals surface area contributed by atoms with Gasteiger partial charge in [-0.15, -0.1) is 0 Å². The summed E-state index contributed by atoms with van der Waals surface area (Å²) in [4.78, 5) is 0. The Morgan fingerprint density at radius 1 is 1.24 bits per heavy atom. The second-order valence-electron chi connectivity index (χ2n) is 5.61. The van der Waals surface area contributed by atoms with Gasteiger partial charge in [-0.2, -0.15) is 5.10 Å². The summed E-state index contributed by atoms with van der Waals surface area (Å²) in [5, 5.41) is 4.43. The van der Waals surface area contributed by atoms with Crippen LogP contribution in [0.25, 0.3) is 0 Å². The summed E-state index contributed by atoms with van der Waals surface area (Å²) in [7, 11) is -0.305. The van der Waals surface area contributed by atoms with Gasteiger partial charge in [0.25, 0.3) is 0 Å². The Morgan fingerprint density at radius 3 is 2.18 bits per heavy atom. The van der Waals surface area contributed by atoms with Crippen LogP contribution in [0, 0.1) is 6.92 Å². The van der Waals surface area contributed by atoms with Crippen LogP contribution in [0.3, 0.4) is 0 Å². The lowest BCUT2D eigenvalue weighted by Gasteiger charge is -2.32. The average Bonchev–Trinajstić information content (AvgIpc) is 2.66. The number of hydrogen-bond acceptors (Lipinski definition) is 3. The van der Waals surface area contributed by atoms with Crippen molar-refractivity contribution in [1.82, 2.24) is 9.78 Å². The maximum absolute atomic E-state index is 6.01. The largest absolute Gasteiger partial charge is 0.498 e. The van der Waals surface area contributed by atoms with Gasteiger partial charge in [-0.25, -0.2) is 0 Å². The molecule has 0 aromatic carbocycles. The van der Waals surface area contributed by atoms with Gasteiger partial charge in [-0.05, 0) is 41.5 Å². The van der Waals surface area contributed by atoms with E-state index in [2.05, 4.69) is 39.7 Å². The van der Waals surface area contributed by atoms with Crippen molar-refractivity contribution in [3.63, 3.8) is 0 Å². The fourth-order valence-electron chi connectivity index (χ4n) is 1.90. The van der Waals surface area contributed by atoms with Crippen molar-refractivity contribution in [2.45, 2.75) is 59.3 Å². The molecule has 1 aliphatic heterocycles. The summed E-state index contributed by atoms with van der Waals surface area (Å²) < 4.78 is 13.9. The lowest BCUT2D eigenvalue weighted by atomic mass is 9.79. The van der Waals surface area contributed by atoms with E-state index in [0.29, 0.717) is 0 Å². The molecule has 1 aromatic heterocycles. The molecule has 1 aromatic rings. The molecule has 1 aliphatic rings. The highest BCUT2D eigenvalue weighted by atomic mass is 16.7. The highest BCUT2D eigenvalue weighted by Gasteiger charge is 2.52. The minimum Gasteiger partial charge on any atom is -0.399 e. The first-order chi connectivity index (χ1) is 7.77. The number of rotatable bonds is 2. The third-order valence-electron chi connectivity index (χ3n) is 3.82. The molecule has 0 N–H and O–H groups in total. The molecular formula is C12H21BN2O2. The first-order valence-electron chi connectivity index (χ1n) is 6.16. The van der Waals surface area contributed by atoms with Crippen LogP contribution in [-0.2, 0) is 15.9 Å². The molecule has 17 heavy (non-hydrogen) atoms. The molecule has 0 aliphatic carbocycles. The zero-order valence-electron chi connectivity index (χ0n) is 11.6. The Balaban J connectivity index is 2.28. The zero-order chi connectivity index (χ0) is 12.8. The van der Waals surface area contributed by atoms with E-state index >= 15 is 0 Å². The standard InChI is InChI=1S/C12H21BN2O2/c1-7-15-8-10(9(2)14-15)13-16-11(3,4)12(5,6)17-13/h8H,7H2,1-6H3. The first kappa shape index (κ1) is 12.6. The smallest absolute Gasteiger partial charge is 0.399 e. The van der Waals surface area contributed by atoms with Gasteiger partial charge in [0.1, 0.15) is 0 Å². The maximum atomic E-state index is 6.01. The molecule has 2 heterocycles. The van der Waals surface area contributed by atoms with Gasteiger partial charge in [-0.3, -0.25) is 4.68 Å². The predicted molar refractivity (Wildman–Crippen MR) is 68.4 cm³/mol. The minimum atomic E-state index is -0.305. The summed E-state index contributed by atoms with van der Waals surface area (Å²) in [5.74, 6) is 0. The van der Waals surface area contributed by atoms with Crippen molar-refractivity contribution in [2.75, 3.05) is 0 Å². The van der Waals surface area contributed by atoms with Crippen LogP contribution in [0.15, 0.2) is 6.20 Å². The summed E-state index contributed by atoms with van der Waals surface area (Å²) in [6.07, 6.45) is 2.01. The number of aromatic nitrogens is 2. The zero-order valence-corrected chi connectivity index (χ0v) is 11.6. The fraction of sp³-hybridized carbons (Fsp3) is 0.750. The van der Waals surface area contributed by atoms with Crippen molar-refractivity contribution in [2.24, 2.45) is 0 Å². The third kappa shape index (κ3) is 2.02. The monoisotopic (exact) mass is 236 g/mol. The van der Waals surface area contributed by atoms with Gasteiger partial charge in [0.15, 0.2) is 0 Å². The minimum absolute atomic E-state index is 0.293. The van der Waals surface area contributed by atoms with Gasteiger partial charge in [0, 0.05) is 18.2 Å². The molecule has 0 saturated carbocycles. The van der Waals surface area contributed by atoms with Crippen LogP contribution in [0.2, 0.25) is 0 Å². The topological polar surface area (TPSA) is 36.3 Å². The van der Waals surface area contributed by atoms with Crippen LogP contribution >= 0.6 is 0 Å². The predicted octanol–water partition coefficient (Wildman–Crippen LogP) is 1.51. The normalized spacial score (nSPS) is 22.1. The highest BCUT2D eigenvalue weighted by Crippen LogP contribution is 2.36. The molecular weight excluding hydrogens is 215 g/mol. The highest BCUT2D eigenvalue weighted by molar-refractivity contribution is 6.62. The fourth-order valence-corrected chi connectivity index (χ4v) is 1.90. The SMILES string of the molecule is CCn1cc(B2OC(C)(C)C(C)(C)O2)c(C)n1. The summed E-state index contributed by atoms with van der Waals surface area (Å²) in [6.45, 7) is 13.2. The molecule has 1 saturated heterocycles. The van der Waals surface area contributed by atoms with E-state index in [1.165, 1.54) is 0 Å². The summed E-state index contributed by atoms with van der Waals surface area (Å²) in [6, 6.07) is 0. The van der Waals surface area contributed by atoms with Crippen LogP contribution < -0.4 is 5.46 Å². The second kappa shape index (κ2) is 3.85. The van der Waals surface area contributed by atoms with E-state index in [-0.39, 0.29) is 18.3 Å². The van der Waals surface area contributed by atoms with Crippen molar-refractivity contribution in [3.8, 4) is 0 Å². The molecule has 1 fully saturated rings. The van der Waals surface area contributed by atoms with Crippen LogP contribution in [0.4, 0.5) is 0 Å². The number of aryl methyl sites for hydroxylation is 2. The average molecular weight is 236 g/mol. The first-order valence-corrected chi connectivity index (χ1v) is 6.16. The Bertz CT molecular complexity index is 410. The van der Waals surface area contributed by atoms with E-state index in [1.807, 2.05) is 17.8 Å². The third-order valence-corrected chi connectivity index (χ3v) is 3.82. The lowest BCUT2D eigenvalue weighted by Crippen LogP contribution is -2.41. The van der Waals surface area contributed by atoms with Crippen LogP contribution in [0.1, 0.15) is 40.3 Å². The second-order valence-corrected chi connectivity index (χ2v) is 5.61. The molecule has 2 rings (SSSR count). The molecule has 94 valence electrons. The molecule has 4 nitrogen and oxygen atoms in total. The molecule has 0 atom stereocenters. The van der Waals surface area contributed by atoms with Gasteiger partial charge < -0.3 is 9.31 Å². The van der Waals surface area contributed by atoms with Gasteiger partial charge in [0.05, 0.1) is 16.9 Å².